The second-order valence-electron chi connectivity index (χ2n) is 4.12. The van der Waals surface area contributed by atoms with Crippen molar-refractivity contribution in [2.45, 2.75) is 20.3 Å². The lowest BCUT2D eigenvalue weighted by molar-refractivity contribution is -0.132. The smallest absolute Gasteiger partial charge is 0.142 e. The van der Waals surface area contributed by atoms with Gasteiger partial charge in [0, 0.05) is 24.2 Å². The number of aliphatic hydroxyl groups is 1. The molecule has 3 unspecified atom stereocenters. The predicted molar refractivity (Wildman–Crippen MR) is 71.2 cm³/mol. The van der Waals surface area contributed by atoms with E-state index in [1.807, 2.05) is 0 Å². The van der Waals surface area contributed by atoms with Crippen molar-refractivity contribution in [3.05, 3.63) is 0 Å². The van der Waals surface area contributed by atoms with Crippen LogP contribution in [0.4, 0.5) is 0 Å². The molecule has 0 aromatic carbocycles. The Morgan fingerprint density at radius 2 is 1.62 bits per heavy atom. The molecular weight excluding hydrogens is 244 g/mol. The van der Waals surface area contributed by atoms with Gasteiger partial charge in [-0.15, -0.1) is 0 Å². The second kappa shape index (κ2) is 8.14. The Balaban J connectivity index is 4.41. The van der Waals surface area contributed by atoms with E-state index in [-0.39, 0.29) is 36.4 Å². The first-order valence-electron chi connectivity index (χ1n) is 5.36. The van der Waals surface area contributed by atoms with Crippen LogP contribution in [0.2, 0.25) is 0 Å². The van der Waals surface area contributed by atoms with Crippen LogP contribution in [-0.4, -0.2) is 34.8 Å². The summed E-state index contributed by atoms with van der Waals surface area (Å²) in [6, 6.07) is 0. The van der Waals surface area contributed by atoms with Crippen molar-refractivity contribution in [1.29, 1.82) is 0 Å². The highest BCUT2D eigenvalue weighted by molar-refractivity contribution is 7.80. The molecule has 3 nitrogen and oxygen atoms in total. The van der Waals surface area contributed by atoms with Crippen LogP contribution < -0.4 is 0 Å². The van der Waals surface area contributed by atoms with E-state index in [0.29, 0.717) is 11.5 Å². The third-order valence-corrected chi connectivity index (χ3v) is 3.75. The molecule has 1 N–H and O–H groups in total. The standard InChI is InChI=1S/C11H20O3S2/c1-7(5-15)10(13)3-9(4-12)11(14)8(2)6-16/h7-9,12,15-16H,3-6H2,1-2H3. The van der Waals surface area contributed by atoms with Crippen LogP contribution in [-0.2, 0) is 9.59 Å². The fraction of sp³-hybridized carbons (Fsp3) is 0.818. The molecular formula is C11H20O3S2. The topological polar surface area (TPSA) is 54.4 Å². The van der Waals surface area contributed by atoms with Gasteiger partial charge in [-0.3, -0.25) is 9.59 Å². The zero-order valence-corrected chi connectivity index (χ0v) is 11.5. The first-order chi connectivity index (χ1) is 7.47. The summed E-state index contributed by atoms with van der Waals surface area (Å²) in [5.74, 6) is -0.182. The van der Waals surface area contributed by atoms with Crippen LogP contribution >= 0.6 is 25.3 Å². The Hall–Kier alpha value is -0.000000000000000111. The fourth-order valence-electron chi connectivity index (χ4n) is 1.29. The highest BCUT2D eigenvalue weighted by atomic mass is 32.1. The van der Waals surface area contributed by atoms with Gasteiger partial charge >= 0.3 is 0 Å². The molecule has 0 saturated carbocycles. The maximum absolute atomic E-state index is 11.8. The van der Waals surface area contributed by atoms with Gasteiger partial charge in [-0.2, -0.15) is 25.3 Å². The minimum Gasteiger partial charge on any atom is -0.396 e. The molecule has 0 amide bonds. The van der Waals surface area contributed by atoms with Crippen LogP contribution in [0.5, 0.6) is 0 Å². The number of hydrogen-bond donors (Lipinski definition) is 3. The number of Topliss-reactive ketones (excluding diaryl/α,β-unsaturated/α-hetero) is 2. The van der Waals surface area contributed by atoms with Gasteiger partial charge in [0.05, 0.1) is 6.61 Å². The minimum absolute atomic E-state index is 0.0197. The van der Waals surface area contributed by atoms with Crippen molar-refractivity contribution in [3.63, 3.8) is 0 Å². The maximum Gasteiger partial charge on any atom is 0.142 e. The lowest BCUT2D eigenvalue weighted by Crippen LogP contribution is -2.29. The largest absolute Gasteiger partial charge is 0.396 e. The molecule has 0 bridgehead atoms. The Bertz CT molecular complexity index is 243. The van der Waals surface area contributed by atoms with Crippen LogP contribution in [0.15, 0.2) is 0 Å². The minimum atomic E-state index is -0.586. The van der Waals surface area contributed by atoms with E-state index in [1.165, 1.54) is 0 Å². The Morgan fingerprint density at radius 3 is 2.00 bits per heavy atom. The molecule has 0 aromatic rings. The summed E-state index contributed by atoms with van der Waals surface area (Å²) >= 11 is 8.08. The van der Waals surface area contributed by atoms with Gasteiger partial charge < -0.3 is 5.11 Å². The molecule has 0 aliphatic heterocycles. The van der Waals surface area contributed by atoms with Gasteiger partial charge in [-0.1, -0.05) is 13.8 Å². The molecule has 0 spiro atoms. The zero-order chi connectivity index (χ0) is 12.7. The van der Waals surface area contributed by atoms with Gasteiger partial charge in [0.25, 0.3) is 0 Å². The average molecular weight is 264 g/mol. The third kappa shape index (κ3) is 4.89. The number of carbonyl (C=O) groups is 2. The van der Waals surface area contributed by atoms with Crippen LogP contribution in [0.1, 0.15) is 20.3 Å². The van der Waals surface area contributed by atoms with Crippen molar-refractivity contribution in [3.8, 4) is 0 Å². The molecule has 94 valence electrons. The number of carbonyl (C=O) groups excluding carboxylic acids is 2. The summed E-state index contributed by atoms with van der Waals surface area (Å²) in [6.07, 6.45) is 0.106. The first kappa shape index (κ1) is 16.0. The van der Waals surface area contributed by atoms with Crippen molar-refractivity contribution in [2.24, 2.45) is 17.8 Å². The van der Waals surface area contributed by atoms with Crippen LogP contribution in [0.25, 0.3) is 0 Å². The lowest BCUT2D eigenvalue weighted by atomic mass is 9.89. The normalized spacial score (nSPS) is 16.6. The molecule has 0 aliphatic carbocycles. The summed E-state index contributed by atoms with van der Waals surface area (Å²) in [7, 11) is 0. The third-order valence-electron chi connectivity index (χ3n) is 2.65. The van der Waals surface area contributed by atoms with Crippen molar-refractivity contribution < 1.29 is 14.7 Å². The predicted octanol–water partition coefficient (Wildman–Crippen LogP) is 1.25. The van der Waals surface area contributed by atoms with Crippen LogP contribution in [0.3, 0.4) is 0 Å². The Morgan fingerprint density at radius 1 is 1.12 bits per heavy atom. The molecule has 16 heavy (non-hydrogen) atoms. The summed E-state index contributed by atoms with van der Waals surface area (Å²) < 4.78 is 0. The van der Waals surface area contributed by atoms with Crippen molar-refractivity contribution in [2.75, 3.05) is 18.1 Å². The molecule has 0 aromatic heterocycles. The second-order valence-corrected chi connectivity index (χ2v) is 4.85. The van der Waals surface area contributed by atoms with E-state index in [2.05, 4.69) is 25.3 Å². The van der Waals surface area contributed by atoms with E-state index >= 15 is 0 Å². The highest BCUT2D eigenvalue weighted by Crippen LogP contribution is 2.15. The molecule has 0 fully saturated rings. The van der Waals surface area contributed by atoms with E-state index in [0.717, 1.165) is 0 Å². The number of ketones is 2. The van der Waals surface area contributed by atoms with Gasteiger partial charge in [0.1, 0.15) is 11.6 Å². The van der Waals surface area contributed by atoms with E-state index in [9.17, 15) is 9.59 Å². The molecule has 3 atom stereocenters. The zero-order valence-electron chi connectivity index (χ0n) is 9.72. The average Bonchev–Trinajstić information content (AvgIpc) is 2.32. The van der Waals surface area contributed by atoms with Gasteiger partial charge in [-0.05, 0) is 11.5 Å². The number of rotatable bonds is 8. The molecule has 0 aliphatic rings. The van der Waals surface area contributed by atoms with E-state index in [1.54, 1.807) is 13.8 Å². The first-order valence-corrected chi connectivity index (χ1v) is 6.63. The van der Waals surface area contributed by atoms with E-state index < -0.39 is 5.92 Å². The number of thiol groups is 2. The van der Waals surface area contributed by atoms with Gasteiger partial charge in [0.2, 0.25) is 0 Å². The quantitative estimate of drug-likeness (QED) is 0.578. The Kier molecular flexibility index (Phi) is 8.14. The maximum atomic E-state index is 11.8. The number of hydrogen-bond acceptors (Lipinski definition) is 5. The summed E-state index contributed by atoms with van der Waals surface area (Å²) in [4.78, 5) is 23.4. The SMILES string of the molecule is CC(CS)C(=O)CC(CO)C(=O)C(C)CS. The van der Waals surface area contributed by atoms with Gasteiger partial charge in [0.15, 0.2) is 0 Å². The summed E-state index contributed by atoms with van der Waals surface area (Å²) in [6.45, 7) is 3.25. The fourth-order valence-corrected chi connectivity index (χ4v) is 1.68. The highest BCUT2D eigenvalue weighted by Gasteiger charge is 2.26. The van der Waals surface area contributed by atoms with Gasteiger partial charge in [-0.25, -0.2) is 0 Å². The lowest BCUT2D eigenvalue weighted by Gasteiger charge is -2.17. The summed E-state index contributed by atoms with van der Waals surface area (Å²) in [5.41, 5.74) is 0. The number of aliphatic hydroxyl groups excluding tert-OH is 1. The Labute approximate surface area is 108 Å². The van der Waals surface area contributed by atoms with E-state index in [4.69, 9.17) is 5.11 Å². The van der Waals surface area contributed by atoms with Crippen molar-refractivity contribution >= 4 is 36.8 Å². The monoisotopic (exact) mass is 264 g/mol. The molecule has 0 heterocycles. The molecule has 0 saturated heterocycles. The molecule has 0 rings (SSSR count). The van der Waals surface area contributed by atoms with Crippen LogP contribution in [0, 0.1) is 17.8 Å². The summed E-state index contributed by atoms with van der Waals surface area (Å²) in [5, 5.41) is 9.13. The molecule has 5 heteroatoms. The van der Waals surface area contributed by atoms with Crippen molar-refractivity contribution in [1.82, 2.24) is 0 Å². The molecule has 0 radical (unpaired) electrons.